The van der Waals surface area contributed by atoms with Crippen LogP contribution in [0, 0.1) is 5.92 Å². The number of benzene rings is 1. The summed E-state index contributed by atoms with van der Waals surface area (Å²) in [5.41, 5.74) is 1.61. The van der Waals surface area contributed by atoms with Gasteiger partial charge in [0, 0.05) is 24.2 Å². The summed E-state index contributed by atoms with van der Waals surface area (Å²) < 4.78 is 12.3. The van der Waals surface area contributed by atoms with Crippen LogP contribution in [0.1, 0.15) is 43.2 Å². The third kappa shape index (κ3) is 1.91. The lowest BCUT2D eigenvalue weighted by Crippen LogP contribution is -2.78. The van der Waals surface area contributed by atoms with Crippen LogP contribution >= 0.6 is 0 Å². The van der Waals surface area contributed by atoms with Gasteiger partial charge in [-0.05, 0) is 69.7 Å². The van der Waals surface area contributed by atoms with E-state index in [-0.39, 0.29) is 23.6 Å². The van der Waals surface area contributed by atoms with E-state index >= 15 is 0 Å². The largest absolute Gasteiger partial charge is 0.493 e. The van der Waals surface area contributed by atoms with Gasteiger partial charge in [-0.15, -0.1) is 0 Å². The fourth-order valence-corrected chi connectivity index (χ4v) is 6.93. The van der Waals surface area contributed by atoms with Crippen LogP contribution in [0.4, 0.5) is 0 Å². The fourth-order valence-electron chi connectivity index (χ4n) is 6.93. The van der Waals surface area contributed by atoms with Crippen LogP contribution in [-0.4, -0.2) is 61.0 Å². The van der Waals surface area contributed by atoms with Crippen LogP contribution < -0.4 is 14.8 Å². The standard InChI is InChI=1S/C22H30N2O3/c1-23-15-7-8-22(25)17-11-14-5-6-16(26-2)19-18(14)21(22,20(15)27-19)9-10-24(17)12-13-3-4-13/h5-6,13,15,17,20,23,25H,3-4,7-12H2,1-2H3/t15?,17-,20?,21+,22?/m1/s1. The number of methoxy groups -OCH3 is 1. The lowest BCUT2D eigenvalue weighted by atomic mass is 9.48. The summed E-state index contributed by atoms with van der Waals surface area (Å²) in [6.07, 6.45) is 6.41. The van der Waals surface area contributed by atoms with E-state index < -0.39 is 5.60 Å². The SMILES string of the molecule is CNC1CCC2(O)[C@H]3Cc4ccc(OC)c5c4[C@@]2(CCN3CC2CC2)C1O5. The maximum atomic E-state index is 12.3. The lowest BCUT2D eigenvalue weighted by Gasteiger charge is -2.64. The number of nitrogens with zero attached hydrogens (tertiary/aromatic N) is 1. The number of piperidine rings is 1. The van der Waals surface area contributed by atoms with Crippen molar-refractivity contribution in [3.05, 3.63) is 23.3 Å². The second kappa shape index (κ2) is 5.40. The minimum Gasteiger partial charge on any atom is -0.493 e. The summed E-state index contributed by atoms with van der Waals surface area (Å²) in [5, 5.41) is 15.8. The average Bonchev–Trinajstić information content (AvgIpc) is 3.41. The van der Waals surface area contributed by atoms with Gasteiger partial charge in [0.25, 0.3) is 0 Å². The van der Waals surface area contributed by atoms with Crippen molar-refractivity contribution in [2.75, 3.05) is 27.2 Å². The molecule has 5 heteroatoms. The van der Waals surface area contributed by atoms with Crippen molar-refractivity contribution in [3.63, 3.8) is 0 Å². The van der Waals surface area contributed by atoms with Crippen molar-refractivity contribution in [1.29, 1.82) is 0 Å². The van der Waals surface area contributed by atoms with E-state index in [0.717, 1.165) is 56.2 Å². The number of aliphatic hydroxyl groups is 1. The highest BCUT2D eigenvalue weighted by Gasteiger charge is 2.72. The number of ether oxygens (including phenoxy) is 2. The first-order valence-corrected chi connectivity index (χ1v) is 10.6. The number of rotatable bonds is 4. The summed E-state index contributed by atoms with van der Waals surface area (Å²) >= 11 is 0. The molecular formula is C22H30N2O3. The van der Waals surface area contributed by atoms with Gasteiger partial charge >= 0.3 is 0 Å². The Bertz CT molecular complexity index is 794. The number of nitrogens with one attached hydrogen (secondary N) is 1. The Balaban J connectivity index is 1.55. The van der Waals surface area contributed by atoms with Gasteiger partial charge < -0.3 is 19.9 Å². The van der Waals surface area contributed by atoms with E-state index in [1.807, 2.05) is 7.05 Å². The molecule has 1 aromatic rings. The highest BCUT2D eigenvalue weighted by molar-refractivity contribution is 5.63. The molecule has 1 saturated heterocycles. The molecule has 3 unspecified atom stereocenters. The van der Waals surface area contributed by atoms with Crippen LogP contribution in [0.5, 0.6) is 11.5 Å². The van der Waals surface area contributed by atoms with Gasteiger partial charge in [0.05, 0.1) is 18.1 Å². The first kappa shape index (κ1) is 16.6. The third-order valence-electron chi connectivity index (χ3n) is 8.34. The van der Waals surface area contributed by atoms with Crippen LogP contribution in [0.15, 0.2) is 12.1 Å². The summed E-state index contributed by atoms with van der Waals surface area (Å²) in [4.78, 5) is 2.62. The molecule has 3 aliphatic carbocycles. The van der Waals surface area contributed by atoms with Crippen molar-refractivity contribution in [1.82, 2.24) is 10.2 Å². The Morgan fingerprint density at radius 3 is 2.89 bits per heavy atom. The van der Waals surface area contributed by atoms with Crippen molar-refractivity contribution >= 4 is 0 Å². The minimum absolute atomic E-state index is 0.0165. The molecule has 146 valence electrons. The summed E-state index contributed by atoms with van der Waals surface area (Å²) in [5.74, 6) is 2.56. The number of hydrogen-bond acceptors (Lipinski definition) is 5. The van der Waals surface area contributed by atoms with E-state index in [4.69, 9.17) is 9.47 Å². The fraction of sp³-hybridized carbons (Fsp3) is 0.727. The second-order valence-corrected chi connectivity index (χ2v) is 9.41. The van der Waals surface area contributed by atoms with Gasteiger partial charge in [-0.3, -0.25) is 4.90 Å². The topological polar surface area (TPSA) is 54.0 Å². The normalized spacial score (nSPS) is 41.8. The Morgan fingerprint density at radius 2 is 2.15 bits per heavy atom. The van der Waals surface area contributed by atoms with Gasteiger partial charge in [-0.25, -0.2) is 0 Å². The predicted octanol–water partition coefficient (Wildman–Crippen LogP) is 1.85. The number of likely N-dealkylation sites (tertiary alicyclic amines) is 1. The van der Waals surface area contributed by atoms with E-state index in [0.29, 0.717) is 0 Å². The molecule has 2 N–H and O–H groups in total. The van der Waals surface area contributed by atoms with E-state index in [1.54, 1.807) is 7.11 Å². The molecule has 2 bridgehead atoms. The van der Waals surface area contributed by atoms with Gasteiger partial charge in [0.1, 0.15) is 6.10 Å². The van der Waals surface area contributed by atoms with Crippen LogP contribution in [-0.2, 0) is 11.8 Å². The molecule has 5 aliphatic rings. The minimum atomic E-state index is -0.706. The Hall–Kier alpha value is -1.30. The molecule has 5 nitrogen and oxygen atoms in total. The van der Waals surface area contributed by atoms with Crippen LogP contribution in [0.3, 0.4) is 0 Å². The van der Waals surface area contributed by atoms with Gasteiger partial charge in [-0.1, -0.05) is 6.07 Å². The molecule has 2 saturated carbocycles. The number of hydrogen-bond donors (Lipinski definition) is 2. The van der Waals surface area contributed by atoms with Crippen LogP contribution in [0.2, 0.25) is 0 Å². The lowest BCUT2D eigenvalue weighted by molar-refractivity contribution is -0.191. The smallest absolute Gasteiger partial charge is 0.165 e. The zero-order valence-electron chi connectivity index (χ0n) is 16.3. The van der Waals surface area contributed by atoms with E-state index in [2.05, 4.69) is 22.3 Å². The van der Waals surface area contributed by atoms with Crippen molar-refractivity contribution < 1.29 is 14.6 Å². The maximum Gasteiger partial charge on any atom is 0.165 e. The second-order valence-electron chi connectivity index (χ2n) is 9.41. The zero-order valence-corrected chi connectivity index (χ0v) is 16.3. The summed E-state index contributed by atoms with van der Waals surface area (Å²) in [7, 11) is 3.74. The van der Waals surface area contributed by atoms with Crippen molar-refractivity contribution in [2.45, 2.75) is 67.7 Å². The first-order chi connectivity index (χ1) is 13.1. The van der Waals surface area contributed by atoms with Crippen molar-refractivity contribution in [2.24, 2.45) is 5.92 Å². The average molecular weight is 370 g/mol. The highest BCUT2D eigenvalue weighted by Crippen LogP contribution is 2.65. The third-order valence-corrected chi connectivity index (χ3v) is 8.34. The highest BCUT2D eigenvalue weighted by atomic mass is 16.5. The summed E-state index contributed by atoms with van der Waals surface area (Å²) in [6.45, 7) is 2.22. The molecule has 6 rings (SSSR count). The zero-order chi connectivity index (χ0) is 18.4. The Labute approximate surface area is 161 Å². The quantitative estimate of drug-likeness (QED) is 0.847. The van der Waals surface area contributed by atoms with Gasteiger partial charge in [0.15, 0.2) is 11.5 Å². The Morgan fingerprint density at radius 1 is 1.30 bits per heavy atom. The molecule has 0 aromatic heterocycles. The summed E-state index contributed by atoms with van der Waals surface area (Å²) in [6, 6.07) is 4.76. The van der Waals surface area contributed by atoms with Gasteiger partial charge in [-0.2, -0.15) is 0 Å². The first-order valence-electron chi connectivity index (χ1n) is 10.6. The molecule has 1 spiro atoms. The molecular weight excluding hydrogens is 340 g/mol. The van der Waals surface area contributed by atoms with Gasteiger partial charge in [0.2, 0.25) is 0 Å². The molecule has 3 fully saturated rings. The van der Waals surface area contributed by atoms with Crippen molar-refractivity contribution in [3.8, 4) is 11.5 Å². The van der Waals surface area contributed by atoms with E-state index in [9.17, 15) is 5.11 Å². The number of likely N-dealkylation sites (N-methyl/N-ethyl adjacent to an activating group) is 1. The molecule has 0 radical (unpaired) electrons. The molecule has 1 aromatic carbocycles. The Kier molecular flexibility index (Phi) is 3.33. The molecule has 27 heavy (non-hydrogen) atoms. The molecule has 0 amide bonds. The van der Waals surface area contributed by atoms with Crippen LogP contribution in [0.25, 0.3) is 0 Å². The molecule has 2 aliphatic heterocycles. The monoisotopic (exact) mass is 370 g/mol. The maximum absolute atomic E-state index is 12.3. The van der Waals surface area contributed by atoms with E-state index in [1.165, 1.54) is 24.0 Å². The molecule has 5 atom stereocenters. The predicted molar refractivity (Wildman–Crippen MR) is 103 cm³/mol. The molecule has 2 heterocycles.